The normalized spacial score (nSPS) is 13.1. The van der Waals surface area contributed by atoms with Gasteiger partial charge in [-0.3, -0.25) is 24.0 Å². The SMILES string of the molecule is COC(=O)c1cccc(C[C@H](NC(=O)NS(=O)(=O)c2ccccc2C)C(=O)N(C)c2ccc3c(c2)OCO3)c1.Cc1ccccc1S(=O)(=O)NC(=O)N[C@@H](Cc1ccc(C#N)cc1)C(=O)N(C)c1ccc2c(c1)OCO2.Cc1ccccc1S(=O)(=O)NC(=O)N[C@@H](Cc1ccccc1C(N)=O)C(=O)N(C)c1ccc2c(c1)OCO2.Cc1ccccc1S(=O)(=O)NC(=O)N[C@H](C(=O)N(C)c1ccc2c(c1)OCO2)[C@@H](C)c1ccccc1. The minimum atomic E-state index is -4.23. The van der Waals surface area contributed by atoms with Crippen LogP contribution in [0.5, 0.6) is 46.0 Å². The lowest BCUT2D eigenvalue weighted by Crippen LogP contribution is -2.53. The first-order valence-electron chi connectivity index (χ1n) is 45.8. The Morgan fingerprint density at radius 1 is 0.353 bits per heavy atom. The molecule has 0 saturated heterocycles. The lowest BCUT2D eigenvalue weighted by molar-refractivity contribution is -0.121. The summed E-state index contributed by atoms with van der Waals surface area (Å²) in [5.74, 6) is 0.313. The minimum absolute atomic E-state index is 0.0170. The number of nitrogens with one attached hydrogen (secondary N) is 8. The van der Waals surface area contributed by atoms with Crippen LogP contribution in [0.4, 0.5) is 41.9 Å². The zero-order valence-corrected chi connectivity index (χ0v) is 85.6. The van der Waals surface area contributed by atoms with Gasteiger partial charge in [-0.25, -0.2) is 76.5 Å². The Labute approximate surface area is 864 Å². The second kappa shape index (κ2) is 48.5. The molecule has 45 heteroatoms. The van der Waals surface area contributed by atoms with Crippen LogP contribution in [0.1, 0.15) is 83.6 Å². The Kier molecular flexibility index (Phi) is 35.4. The van der Waals surface area contributed by atoms with Crippen molar-refractivity contribution in [3.8, 4) is 52.1 Å². The number of primary amides is 1. The van der Waals surface area contributed by atoms with Gasteiger partial charge in [-0.2, -0.15) is 5.26 Å². The van der Waals surface area contributed by atoms with Gasteiger partial charge in [0.05, 0.1) is 43.9 Å². The fourth-order valence-corrected chi connectivity index (χ4v) is 20.6. The first kappa shape index (κ1) is 109. The molecule has 150 heavy (non-hydrogen) atoms. The highest BCUT2D eigenvalue weighted by Gasteiger charge is 2.38. The smallest absolute Gasteiger partial charge is 0.337 e. The fourth-order valence-electron chi connectivity index (χ4n) is 15.9. The molecule has 780 valence electrons. The predicted molar refractivity (Wildman–Crippen MR) is 549 cm³/mol. The van der Waals surface area contributed by atoms with Gasteiger partial charge in [0.2, 0.25) is 56.7 Å². The van der Waals surface area contributed by atoms with E-state index >= 15 is 0 Å². The highest BCUT2D eigenvalue weighted by molar-refractivity contribution is 7.91. The number of nitrogens with zero attached hydrogens (tertiary/aromatic N) is 5. The number of hydrogen-bond donors (Lipinski definition) is 9. The summed E-state index contributed by atoms with van der Waals surface area (Å²) in [6.45, 7) is 8.54. The van der Waals surface area contributed by atoms with Gasteiger partial charge in [0.25, 0.3) is 40.1 Å². The van der Waals surface area contributed by atoms with E-state index in [2.05, 4.69) is 21.3 Å². The molecule has 0 aliphatic carbocycles. The molecular formula is C105H104N14O27S4. The van der Waals surface area contributed by atoms with Gasteiger partial charge in [-0.1, -0.05) is 153 Å². The standard InChI is InChI=1S/C27H27N3O8S.C26H26N4O7S.C26H24N4O6S.C26H27N3O6S/c1-17-7-4-5-10-24(17)39(34,35)29-27(33)28-21(14-18-8-6-9-19(13-18)26(32)36-3)25(31)30(2)20-11-12-22-23(15-20)38-16-37-22;1-16-7-3-6-10-23(16)38(34,35)29-26(33)28-20(13-17-8-4-5-9-19(17)24(27)31)25(32)30(2)18-11-12-21-22(14-18)37-15-36-21;1-17-5-3-4-6-24(17)37(33,34)29-26(32)28-21(13-18-7-9-19(15-27)10-8-18)25(31)30(2)20-11-12-22-23(14-20)36-16-35-22;1-17-9-7-8-12-23(17)36(32,33)28-26(31)27-24(18(2)19-10-5-4-6-11-19)25(30)29(3)20-13-14-21-22(15-20)35-16-34-21/h4-13,15,21H,14,16H2,1-3H3,(H2,28,29,33);3-12,14,20H,13,15H2,1-2H3,(H2,27,31)(H2,28,29,33);3-12,14,21H,13,16H2,1-2H3,(H2,28,29,32);4-15,18,24H,16H2,1-3H3,(H2,27,28,31)/t21-;20-;21-;18-,24-/m0000/s1. The Morgan fingerprint density at radius 2 is 0.667 bits per heavy atom. The first-order chi connectivity index (χ1) is 71.5. The molecule has 4 heterocycles. The van der Waals surface area contributed by atoms with Crippen molar-refractivity contribution in [1.82, 2.24) is 40.2 Å². The molecule has 13 amide bonds. The molecule has 4 aliphatic rings. The van der Waals surface area contributed by atoms with E-state index in [1.54, 1.807) is 242 Å². The number of benzene rings is 12. The molecule has 10 N–H and O–H groups in total. The molecule has 0 aromatic heterocycles. The molecule has 12 aromatic carbocycles. The molecule has 41 nitrogen and oxygen atoms in total. The number of sulfonamides is 4. The van der Waals surface area contributed by atoms with E-state index in [9.17, 15) is 81.6 Å². The second-order valence-electron chi connectivity index (χ2n) is 34.1. The number of aryl methyl sites for hydroxylation is 4. The molecule has 5 atom stereocenters. The summed E-state index contributed by atoms with van der Waals surface area (Å²) >= 11 is 0. The predicted octanol–water partition coefficient (Wildman–Crippen LogP) is 11.3. The summed E-state index contributed by atoms with van der Waals surface area (Å²) in [5, 5.41) is 19.1. The van der Waals surface area contributed by atoms with Gasteiger partial charge in [0.1, 0.15) is 24.2 Å². The minimum Gasteiger partial charge on any atom is -0.465 e. The van der Waals surface area contributed by atoms with Crippen LogP contribution >= 0.6 is 0 Å². The maximum atomic E-state index is 13.6. The summed E-state index contributed by atoms with van der Waals surface area (Å²) in [7, 11) is -9.39. The Bertz CT molecular complexity index is 7680. The zero-order valence-electron chi connectivity index (χ0n) is 82.3. The van der Waals surface area contributed by atoms with Crippen LogP contribution in [-0.4, -0.2) is 180 Å². The average molecular weight is 2120 g/mol. The lowest BCUT2D eigenvalue weighted by Gasteiger charge is -2.29. The maximum absolute atomic E-state index is 13.6. The summed E-state index contributed by atoms with van der Waals surface area (Å²) in [6, 6.07) is 66.4. The van der Waals surface area contributed by atoms with E-state index < -0.39 is 130 Å². The van der Waals surface area contributed by atoms with E-state index in [1.165, 1.54) is 90.3 Å². The number of esters is 1. The second-order valence-corrected chi connectivity index (χ2v) is 40.7. The van der Waals surface area contributed by atoms with Crippen LogP contribution in [0.3, 0.4) is 0 Å². The molecule has 0 unspecified atom stereocenters. The van der Waals surface area contributed by atoms with Crippen molar-refractivity contribution in [1.29, 1.82) is 5.26 Å². The molecule has 0 fully saturated rings. The van der Waals surface area contributed by atoms with Crippen molar-refractivity contribution in [2.45, 2.75) is 104 Å². The monoisotopic (exact) mass is 2120 g/mol. The number of nitriles is 1. The number of carbonyl (C=O) groups is 10. The molecular weight excluding hydrogens is 2020 g/mol. The number of carbonyl (C=O) groups excluding carboxylic acids is 10. The van der Waals surface area contributed by atoms with Crippen molar-refractivity contribution in [2.24, 2.45) is 5.73 Å². The lowest BCUT2D eigenvalue weighted by atomic mass is 9.92. The third-order valence-electron chi connectivity index (χ3n) is 23.9. The fraction of sp³-hybridized carbons (Fsp3) is 0.210. The number of anilines is 4. The number of likely N-dealkylation sites (N-methyl/N-ethyl adjacent to an activating group) is 4. The maximum Gasteiger partial charge on any atom is 0.337 e. The number of rotatable bonds is 30. The van der Waals surface area contributed by atoms with Crippen molar-refractivity contribution >= 4 is 122 Å². The number of methoxy groups -OCH3 is 1. The van der Waals surface area contributed by atoms with Gasteiger partial charge in [0.15, 0.2) is 46.0 Å². The van der Waals surface area contributed by atoms with E-state index in [-0.39, 0.29) is 77.1 Å². The van der Waals surface area contributed by atoms with E-state index in [0.717, 1.165) is 5.56 Å². The van der Waals surface area contributed by atoms with Crippen LogP contribution in [0.2, 0.25) is 0 Å². The van der Waals surface area contributed by atoms with Crippen molar-refractivity contribution in [3.63, 3.8) is 0 Å². The number of hydrogen-bond acceptors (Lipinski definition) is 28. The van der Waals surface area contributed by atoms with Crippen LogP contribution < -0.4 is 103 Å². The Morgan fingerprint density at radius 3 is 1.01 bits per heavy atom. The van der Waals surface area contributed by atoms with Gasteiger partial charge in [-0.05, 0) is 175 Å². The molecule has 4 aliphatic heterocycles. The van der Waals surface area contributed by atoms with Crippen LogP contribution in [-0.2, 0) is 83.3 Å². The number of fused-ring (bicyclic) bond motifs is 4. The topological polar surface area (TPSA) is 549 Å². The molecule has 16 rings (SSSR count). The molecule has 0 bridgehead atoms. The van der Waals surface area contributed by atoms with Gasteiger partial charge in [-0.15, -0.1) is 0 Å². The quantitative estimate of drug-likeness (QED) is 0.0189. The third kappa shape index (κ3) is 27.5. The first-order valence-corrected chi connectivity index (χ1v) is 51.8. The van der Waals surface area contributed by atoms with E-state index in [4.69, 9.17) is 53.6 Å². The van der Waals surface area contributed by atoms with Crippen molar-refractivity contribution in [3.05, 3.63) is 334 Å². The third-order valence-corrected chi connectivity index (χ3v) is 29.9. The number of ether oxygens (including phenoxy) is 9. The molecule has 0 saturated carbocycles. The van der Waals surface area contributed by atoms with E-state index in [1.807, 2.05) is 55.3 Å². The molecule has 0 radical (unpaired) electrons. The highest BCUT2D eigenvalue weighted by Crippen LogP contribution is 2.40. The van der Waals surface area contributed by atoms with Crippen LogP contribution in [0.25, 0.3) is 0 Å². The number of amides is 13. The summed E-state index contributed by atoms with van der Waals surface area (Å²) < 4.78 is 158. The van der Waals surface area contributed by atoms with Gasteiger partial charge >= 0.3 is 30.1 Å². The Hall–Kier alpha value is -17.8. The average Bonchev–Trinajstić information content (AvgIpc) is 1.30. The zero-order chi connectivity index (χ0) is 108. The van der Waals surface area contributed by atoms with Gasteiger partial charge in [0, 0.05) is 106 Å². The number of urea groups is 4. The van der Waals surface area contributed by atoms with Crippen molar-refractivity contribution < 1.29 is 124 Å². The largest absolute Gasteiger partial charge is 0.465 e. The Balaban J connectivity index is 0.000000167. The van der Waals surface area contributed by atoms with Crippen LogP contribution in [0.15, 0.2) is 293 Å². The summed E-state index contributed by atoms with van der Waals surface area (Å²) in [5.41, 5.74) is 12.6. The summed E-state index contributed by atoms with van der Waals surface area (Å²) in [4.78, 5) is 135. The van der Waals surface area contributed by atoms with Crippen molar-refractivity contribution in [2.75, 3.05) is 82.1 Å². The van der Waals surface area contributed by atoms with E-state index in [0.29, 0.717) is 113 Å². The summed E-state index contributed by atoms with van der Waals surface area (Å²) in [6.07, 6.45) is -0.127. The van der Waals surface area contributed by atoms with Crippen LogP contribution in [0, 0.1) is 39.0 Å². The van der Waals surface area contributed by atoms with Gasteiger partial charge < -0.3 is 89.2 Å². The number of nitrogens with two attached hydrogens (primary N) is 1. The molecule has 0 spiro atoms. The molecule has 12 aromatic rings. The highest BCUT2D eigenvalue weighted by atomic mass is 32.2.